The molecule has 0 aliphatic heterocycles. The van der Waals surface area contributed by atoms with Crippen molar-refractivity contribution >= 4 is 5.97 Å². The number of aliphatic carboxylic acids is 1. The van der Waals surface area contributed by atoms with Gasteiger partial charge in [0, 0.05) is 14.0 Å². The van der Waals surface area contributed by atoms with Crippen LogP contribution in [0, 0.1) is 6.92 Å². The summed E-state index contributed by atoms with van der Waals surface area (Å²) in [5.41, 5.74) is 1.32. The van der Waals surface area contributed by atoms with Crippen LogP contribution >= 0.6 is 0 Å². The first-order chi connectivity index (χ1) is 6.13. The summed E-state index contributed by atoms with van der Waals surface area (Å²) in [6, 6.07) is 10.3. The van der Waals surface area contributed by atoms with Crippen LogP contribution in [0.1, 0.15) is 12.5 Å². The van der Waals surface area contributed by atoms with Gasteiger partial charge in [0.2, 0.25) is 0 Å². The Bertz CT molecular complexity index is 203. The minimum Gasteiger partial charge on any atom is -0.481 e. The molecule has 3 nitrogen and oxygen atoms in total. The number of aliphatic hydroxyl groups excluding tert-OH is 1. The fraction of sp³-hybridized carbons (Fsp3) is 0.300. The molecule has 0 aromatic heterocycles. The molecule has 1 aromatic rings. The van der Waals surface area contributed by atoms with Crippen molar-refractivity contribution in [2.75, 3.05) is 7.11 Å². The van der Waals surface area contributed by atoms with Crippen molar-refractivity contribution in [1.29, 1.82) is 0 Å². The highest BCUT2D eigenvalue weighted by molar-refractivity contribution is 5.62. The van der Waals surface area contributed by atoms with E-state index in [1.54, 1.807) is 0 Å². The minimum absolute atomic E-state index is 0.833. The van der Waals surface area contributed by atoms with E-state index < -0.39 is 5.97 Å². The van der Waals surface area contributed by atoms with Gasteiger partial charge in [-0.2, -0.15) is 0 Å². The summed E-state index contributed by atoms with van der Waals surface area (Å²) >= 11 is 0. The topological polar surface area (TPSA) is 57.5 Å². The predicted molar refractivity (Wildman–Crippen MR) is 52.6 cm³/mol. The summed E-state index contributed by atoms with van der Waals surface area (Å²) in [4.78, 5) is 9.00. The maximum atomic E-state index is 9.00. The average Bonchev–Trinajstić information content (AvgIpc) is 2.08. The van der Waals surface area contributed by atoms with E-state index in [1.165, 1.54) is 5.56 Å². The number of hydrogen-bond acceptors (Lipinski definition) is 2. The molecule has 0 aliphatic carbocycles. The Morgan fingerprint density at radius 2 is 1.46 bits per heavy atom. The molecule has 74 valence electrons. The number of benzene rings is 1. The third kappa shape index (κ3) is 18.0. The van der Waals surface area contributed by atoms with Gasteiger partial charge in [-0.3, -0.25) is 4.79 Å². The maximum absolute atomic E-state index is 9.00. The van der Waals surface area contributed by atoms with Gasteiger partial charge in [-0.15, -0.1) is 0 Å². The summed E-state index contributed by atoms with van der Waals surface area (Å²) in [5.74, 6) is -0.833. The second-order valence-electron chi connectivity index (χ2n) is 2.17. The Morgan fingerprint density at radius 1 is 1.15 bits per heavy atom. The number of carboxylic acids is 1. The van der Waals surface area contributed by atoms with Crippen molar-refractivity contribution in [3.05, 3.63) is 35.9 Å². The Labute approximate surface area is 78.7 Å². The van der Waals surface area contributed by atoms with Crippen LogP contribution in [-0.4, -0.2) is 23.3 Å². The number of hydrogen-bond donors (Lipinski definition) is 2. The number of rotatable bonds is 0. The fourth-order valence-electron chi connectivity index (χ4n) is 0.534. The van der Waals surface area contributed by atoms with Gasteiger partial charge in [-0.25, -0.2) is 0 Å². The first-order valence-corrected chi connectivity index (χ1v) is 3.79. The highest BCUT2D eigenvalue weighted by atomic mass is 16.4. The standard InChI is InChI=1S/C7H8.C2H4O2.CH4O/c1-7-5-3-2-4-6-7;1-2(3)4;1-2/h2-6H,1H3;1H3,(H,3,4);2H,1H3. The lowest BCUT2D eigenvalue weighted by Gasteiger charge is -1.82. The van der Waals surface area contributed by atoms with Crippen LogP contribution in [0.2, 0.25) is 0 Å². The van der Waals surface area contributed by atoms with E-state index in [1.807, 2.05) is 18.2 Å². The van der Waals surface area contributed by atoms with E-state index >= 15 is 0 Å². The largest absolute Gasteiger partial charge is 0.481 e. The lowest BCUT2D eigenvalue weighted by molar-refractivity contribution is -0.134. The highest BCUT2D eigenvalue weighted by Crippen LogP contribution is 1.92. The second-order valence-corrected chi connectivity index (χ2v) is 2.17. The van der Waals surface area contributed by atoms with E-state index in [9.17, 15) is 0 Å². The molecule has 2 N–H and O–H groups in total. The Morgan fingerprint density at radius 3 is 1.62 bits per heavy atom. The molecule has 0 spiro atoms. The number of aliphatic hydroxyl groups is 1. The highest BCUT2D eigenvalue weighted by Gasteiger charge is 1.72. The first kappa shape index (κ1) is 14.2. The maximum Gasteiger partial charge on any atom is 0.300 e. The average molecular weight is 184 g/mol. The summed E-state index contributed by atoms with van der Waals surface area (Å²) in [5, 5.41) is 14.4. The van der Waals surface area contributed by atoms with Crippen LogP contribution in [0.5, 0.6) is 0 Å². The predicted octanol–water partition coefficient (Wildman–Crippen LogP) is 1.69. The van der Waals surface area contributed by atoms with Crippen LogP contribution in [-0.2, 0) is 4.79 Å². The molecule has 0 aliphatic rings. The van der Waals surface area contributed by atoms with Crippen LogP contribution in [0.4, 0.5) is 0 Å². The molecule has 1 rings (SSSR count). The van der Waals surface area contributed by atoms with E-state index in [2.05, 4.69) is 19.1 Å². The summed E-state index contributed by atoms with van der Waals surface area (Å²) < 4.78 is 0. The summed E-state index contributed by atoms with van der Waals surface area (Å²) in [7, 11) is 1.00. The quantitative estimate of drug-likeness (QED) is 0.645. The molecule has 0 bridgehead atoms. The Hall–Kier alpha value is -1.35. The molecule has 0 heterocycles. The third-order valence-electron chi connectivity index (χ3n) is 0.940. The lowest BCUT2D eigenvalue weighted by atomic mass is 10.2. The fourth-order valence-corrected chi connectivity index (χ4v) is 0.534. The SMILES string of the molecule is CC(=O)O.CO.Cc1ccccc1. The Balaban J connectivity index is 0. The zero-order valence-corrected chi connectivity index (χ0v) is 8.19. The molecule has 0 radical (unpaired) electrons. The van der Waals surface area contributed by atoms with Gasteiger partial charge >= 0.3 is 0 Å². The van der Waals surface area contributed by atoms with Crippen LogP contribution < -0.4 is 0 Å². The normalized spacial score (nSPS) is 7.08. The molecule has 1 aromatic carbocycles. The molecule has 0 saturated carbocycles. The monoisotopic (exact) mass is 184 g/mol. The van der Waals surface area contributed by atoms with Gasteiger partial charge in [0.1, 0.15) is 0 Å². The van der Waals surface area contributed by atoms with Crippen molar-refractivity contribution in [2.45, 2.75) is 13.8 Å². The zero-order chi connectivity index (χ0) is 10.7. The zero-order valence-electron chi connectivity index (χ0n) is 8.19. The van der Waals surface area contributed by atoms with Gasteiger partial charge in [0.05, 0.1) is 0 Å². The van der Waals surface area contributed by atoms with Gasteiger partial charge in [-0.1, -0.05) is 35.9 Å². The van der Waals surface area contributed by atoms with Gasteiger partial charge in [-0.05, 0) is 6.92 Å². The van der Waals surface area contributed by atoms with Gasteiger partial charge in [0.25, 0.3) is 5.97 Å². The molecule has 0 amide bonds. The van der Waals surface area contributed by atoms with Gasteiger partial charge < -0.3 is 10.2 Å². The van der Waals surface area contributed by atoms with Crippen molar-refractivity contribution in [2.24, 2.45) is 0 Å². The van der Waals surface area contributed by atoms with Crippen LogP contribution in [0.3, 0.4) is 0 Å². The third-order valence-corrected chi connectivity index (χ3v) is 0.940. The second kappa shape index (κ2) is 10.7. The van der Waals surface area contributed by atoms with E-state index in [0.717, 1.165) is 14.0 Å². The summed E-state index contributed by atoms with van der Waals surface area (Å²) in [6.45, 7) is 3.17. The molecule has 3 heteroatoms. The summed E-state index contributed by atoms with van der Waals surface area (Å²) in [6.07, 6.45) is 0. The molecule has 0 fully saturated rings. The molecule has 0 atom stereocenters. The molecular formula is C10H16O3. The smallest absolute Gasteiger partial charge is 0.300 e. The van der Waals surface area contributed by atoms with E-state index in [-0.39, 0.29) is 0 Å². The molecule has 13 heavy (non-hydrogen) atoms. The minimum atomic E-state index is -0.833. The lowest BCUT2D eigenvalue weighted by Crippen LogP contribution is -1.78. The van der Waals surface area contributed by atoms with Crippen molar-refractivity contribution < 1.29 is 15.0 Å². The van der Waals surface area contributed by atoms with Crippen molar-refractivity contribution in [3.8, 4) is 0 Å². The number of aryl methyl sites for hydroxylation is 1. The van der Waals surface area contributed by atoms with E-state index in [4.69, 9.17) is 15.0 Å². The van der Waals surface area contributed by atoms with Crippen LogP contribution in [0.25, 0.3) is 0 Å². The Kier molecular flexibility index (Phi) is 11.6. The number of carbonyl (C=O) groups is 1. The molecule has 0 unspecified atom stereocenters. The van der Waals surface area contributed by atoms with Crippen LogP contribution in [0.15, 0.2) is 30.3 Å². The van der Waals surface area contributed by atoms with Gasteiger partial charge in [0.15, 0.2) is 0 Å². The number of carboxylic acid groups (broad SMARTS) is 1. The van der Waals surface area contributed by atoms with Crippen molar-refractivity contribution in [3.63, 3.8) is 0 Å². The van der Waals surface area contributed by atoms with E-state index in [0.29, 0.717) is 0 Å². The van der Waals surface area contributed by atoms with Crippen molar-refractivity contribution in [1.82, 2.24) is 0 Å². The first-order valence-electron chi connectivity index (χ1n) is 3.79. The molecular weight excluding hydrogens is 168 g/mol. The molecule has 0 saturated heterocycles.